The van der Waals surface area contributed by atoms with Crippen molar-refractivity contribution in [3.8, 4) is 0 Å². The first-order valence-electron chi connectivity index (χ1n) is 3.28. The third-order valence-electron chi connectivity index (χ3n) is 0.937. The van der Waals surface area contributed by atoms with Crippen LogP contribution >= 0.6 is 0 Å². The normalized spacial score (nSPS) is 26.6. The van der Waals surface area contributed by atoms with E-state index in [4.69, 9.17) is 4.84 Å². The van der Waals surface area contributed by atoms with Gasteiger partial charge in [-0.05, 0) is 13.3 Å². The summed E-state index contributed by atoms with van der Waals surface area (Å²) in [5.41, 5.74) is 2.77. The van der Waals surface area contributed by atoms with E-state index in [0.29, 0.717) is 6.10 Å². The summed E-state index contributed by atoms with van der Waals surface area (Å²) in [6.45, 7) is 7.07. The van der Waals surface area contributed by atoms with Crippen LogP contribution in [0.15, 0.2) is 0 Å². The molecule has 50 valence electrons. The lowest BCUT2D eigenvalue weighted by molar-refractivity contribution is 0.0453. The number of hydroxylamine groups is 1. The predicted octanol–water partition coefficient (Wildman–Crippen LogP) is 1.33. The van der Waals surface area contributed by atoms with Gasteiger partial charge < -0.3 is 0 Å². The lowest BCUT2D eigenvalue weighted by Crippen LogP contribution is -2.05. The average Bonchev–Trinajstić information content (AvgIpc) is 2.24. The predicted molar refractivity (Wildman–Crippen MR) is 34.5 cm³/mol. The molecular weight excluding hydrogens is 102 g/mol. The Labute approximate surface area is 51.2 Å². The van der Waals surface area contributed by atoms with Crippen LogP contribution in [0.3, 0.4) is 0 Å². The highest BCUT2D eigenvalue weighted by Crippen LogP contribution is 1.98. The summed E-state index contributed by atoms with van der Waals surface area (Å²) in [5, 5.41) is 0. The molecule has 0 radical (unpaired) electrons. The average molecular weight is 117 g/mol. The summed E-state index contributed by atoms with van der Waals surface area (Å²) in [6, 6.07) is 0. The van der Waals surface area contributed by atoms with E-state index in [9.17, 15) is 0 Å². The Hall–Kier alpha value is -0.0800. The molecule has 8 heavy (non-hydrogen) atoms. The van der Waals surface area contributed by atoms with Crippen molar-refractivity contribution in [2.45, 2.75) is 33.3 Å². The van der Waals surface area contributed by atoms with Gasteiger partial charge in [0, 0.05) is 6.54 Å². The standard InChI is InChI=1S/C4H9NO.C2H6/c1-4-2-3-5-6-4;1-2/h4-5H,2-3H2,1H3;1-2H3. The van der Waals surface area contributed by atoms with E-state index in [-0.39, 0.29) is 0 Å². The summed E-state index contributed by atoms with van der Waals surface area (Å²) in [5.74, 6) is 0. The summed E-state index contributed by atoms with van der Waals surface area (Å²) in [7, 11) is 0. The van der Waals surface area contributed by atoms with Gasteiger partial charge in [-0.25, -0.2) is 5.48 Å². The van der Waals surface area contributed by atoms with Crippen molar-refractivity contribution in [1.29, 1.82) is 0 Å². The number of rotatable bonds is 0. The second kappa shape index (κ2) is 5.06. The molecule has 1 atom stereocenters. The molecule has 0 saturated carbocycles. The molecule has 0 amide bonds. The highest BCUT2D eigenvalue weighted by molar-refractivity contribution is 4.54. The quantitative estimate of drug-likeness (QED) is 0.516. The van der Waals surface area contributed by atoms with Gasteiger partial charge in [-0.15, -0.1) is 0 Å². The highest BCUT2D eigenvalue weighted by atomic mass is 16.7. The van der Waals surface area contributed by atoms with Crippen LogP contribution in [-0.2, 0) is 4.84 Å². The molecule has 0 bridgehead atoms. The second-order valence-corrected chi connectivity index (χ2v) is 1.61. The fourth-order valence-electron chi connectivity index (χ4n) is 0.522. The molecule has 0 aromatic heterocycles. The molecule has 0 aromatic rings. The minimum Gasteiger partial charge on any atom is -0.299 e. The molecule has 1 aliphatic heterocycles. The Bertz CT molecular complexity index is 41.8. The maximum atomic E-state index is 4.90. The van der Waals surface area contributed by atoms with Crippen molar-refractivity contribution < 1.29 is 4.84 Å². The fourth-order valence-corrected chi connectivity index (χ4v) is 0.522. The van der Waals surface area contributed by atoms with Gasteiger partial charge in [0.1, 0.15) is 0 Å². The molecule has 1 fully saturated rings. The zero-order chi connectivity index (χ0) is 6.41. The van der Waals surface area contributed by atoms with Crippen molar-refractivity contribution in [3.63, 3.8) is 0 Å². The minimum absolute atomic E-state index is 0.435. The van der Waals surface area contributed by atoms with Gasteiger partial charge in [0.05, 0.1) is 6.10 Å². The summed E-state index contributed by atoms with van der Waals surface area (Å²) >= 11 is 0. The van der Waals surface area contributed by atoms with E-state index in [2.05, 4.69) is 12.4 Å². The molecule has 0 spiro atoms. The van der Waals surface area contributed by atoms with E-state index in [1.54, 1.807) is 0 Å². The molecule has 1 heterocycles. The Morgan fingerprint density at radius 2 is 2.12 bits per heavy atom. The van der Waals surface area contributed by atoms with E-state index >= 15 is 0 Å². The van der Waals surface area contributed by atoms with Crippen molar-refractivity contribution >= 4 is 0 Å². The first-order chi connectivity index (χ1) is 3.89. The van der Waals surface area contributed by atoms with Gasteiger partial charge in [-0.2, -0.15) is 0 Å². The van der Waals surface area contributed by atoms with Crippen molar-refractivity contribution in [2.24, 2.45) is 0 Å². The molecule has 0 aliphatic carbocycles. The zero-order valence-electron chi connectivity index (χ0n) is 5.90. The third-order valence-corrected chi connectivity index (χ3v) is 0.937. The van der Waals surface area contributed by atoms with Crippen molar-refractivity contribution in [2.75, 3.05) is 6.54 Å². The smallest absolute Gasteiger partial charge is 0.0775 e. The maximum absolute atomic E-state index is 4.90. The Morgan fingerprint density at radius 3 is 2.25 bits per heavy atom. The van der Waals surface area contributed by atoms with E-state index in [0.717, 1.165) is 13.0 Å². The van der Waals surface area contributed by atoms with Gasteiger partial charge in [0.2, 0.25) is 0 Å². The van der Waals surface area contributed by atoms with Crippen LogP contribution in [-0.4, -0.2) is 12.6 Å². The van der Waals surface area contributed by atoms with Gasteiger partial charge >= 0.3 is 0 Å². The largest absolute Gasteiger partial charge is 0.299 e. The maximum Gasteiger partial charge on any atom is 0.0775 e. The monoisotopic (exact) mass is 117 g/mol. The molecule has 1 N–H and O–H groups in total. The number of hydrogen-bond acceptors (Lipinski definition) is 2. The fraction of sp³-hybridized carbons (Fsp3) is 1.00. The third kappa shape index (κ3) is 2.99. The van der Waals surface area contributed by atoms with Crippen molar-refractivity contribution in [3.05, 3.63) is 0 Å². The molecule has 1 unspecified atom stereocenters. The summed E-state index contributed by atoms with van der Waals surface area (Å²) in [6.07, 6.45) is 1.59. The van der Waals surface area contributed by atoms with Crippen LogP contribution in [0.1, 0.15) is 27.2 Å². The van der Waals surface area contributed by atoms with E-state index in [1.807, 2.05) is 13.8 Å². The van der Waals surface area contributed by atoms with Crippen LogP contribution in [0, 0.1) is 0 Å². The van der Waals surface area contributed by atoms with Crippen molar-refractivity contribution in [1.82, 2.24) is 5.48 Å². The summed E-state index contributed by atoms with van der Waals surface area (Å²) in [4.78, 5) is 4.90. The zero-order valence-corrected chi connectivity index (χ0v) is 5.90. The van der Waals surface area contributed by atoms with Crippen LogP contribution in [0.4, 0.5) is 0 Å². The lowest BCUT2D eigenvalue weighted by Gasteiger charge is -1.93. The molecule has 1 rings (SSSR count). The van der Waals surface area contributed by atoms with Gasteiger partial charge in [0.25, 0.3) is 0 Å². The number of nitrogens with one attached hydrogen (secondary N) is 1. The second-order valence-electron chi connectivity index (χ2n) is 1.61. The molecule has 2 nitrogen and oxygen atoms in total. The molecular formula is C6H15NO. The molecule has 0 aromatic carbocycles. The Kier molecular flexibility index (Phi) is 5.01. The molecule has 1 saturated heterocycles. The SMILES string of the molecule is CC.CC1CCNO1. The first kappa shape index (κ1) is 7.92. The Balaban J connectivity index is 0.000000222. The summed E-state index contributed by atoms with van der Waals surface area (Å²) < 4.78 is 0. The van der Waals surface area contributed by atoms with Gasteiger partial charge in [-0.1, -0.05) is 13.8 Å². The van der Waals surface area contributed by atoms with Crippen LogP contribution in [0.25, 0.3) is 0 Å². The lowest BCUT2D eigenvalue weighted by atomic mass is 10.3. The van der Waals surface area contributed by atoms with Gasteiger partial charge in [-0.3, -0.25) is 4.84 Å². The Morgan fingerprint density at radius 1 is 1.50 bits per heavy atom. The van der Waals surface area contributed by atoms with E-state index in [1.165, 1.54) is 0 Å². The van der Waals surface area contributed by atoms with Gasteiger partial charge in [0.15, 0.2) is 0 Å². The topological polar surface area (TPSA) is 21.3 Å². The van der Waals surface area contributed by atoms with E-state index < -0.39 is 0 Å². The molecule has 2 heteroatoms. The van der Waals surface area contributed by atoms with Crippen LogP contribution < -0.4 is 5.48 Å². The minimum atomic E-state index is 0.435. The highest BCUT2D eigenvalue weighted by Gasteiger charge is 2.06. The first-order valence-corrected chi connectivity index (χ1v) is 3.28. The van der Waals surface area contributed by atoms with Crippen LogP contribution in [0.5, 0.6) is 0 Å². The molecule has 1 aliphatic rings. The number of hydrogen-bond donors (Lipinski definition) is 1. The van der Waals surface area contributed by atoms with Crippen LogP contribution in [0.2, 0.25) is 0 Å².